The maximum Gasteiger partial charge on any atom is 0.141 e. The summed E-state index contributed by atoms with van der Waals surface area (Å²) in [5.74, 6) is 1.08. The summed E-state index contributed by atoms with van der Waals surface area (Å²) in [5.41, 5.74) is 1.28. The number of nitrogens with zero attached hydrogens (tertiary/aromatic N) is 3. The maximum atomic E-state index is 4.54. The zero-order valence-electron chi connectivity index (χ0n) is 10.5. The zero-order valence-corrected chi connectivity index (χ0v) is 12.2. The predicted molar refractivity (Wildman–Crippen MR) is 82.2 cm³/mol. The Morgan fingerprint density at radius 3 is 2.89 bits per heavy atom. The minimum atomic E-state index is 0.661. The lowest BCUT2D eigenvalue weighted by atomic mass is 10.2. The number of thiophene rings is 2. The SMILES string of the molecule is CN(c1ncnc2scc(-c3cccs3)c12)C1CC1. The molecule has 0 saturated heterocycles. The van der Waals surface area contributed by atoms with Crippen molar-refractivity contribution in [1.29, 1.82) is 0 Å². The maximum absolute atomic E-state index is 4.54. The molecular formula is C14H13N3S2. The summed E-state index contributed by atoms with van der Waals surface area (Å²) in [6.45, 7) is 0. The molecule has 1 aliphatic rings. The van der Waals surface area contributed by atoms with Crippen molar-refractivity contribution in [3.63, 3.8) is 0 Å². The van der Waals surface area contributed by atoms with Crippen LogP contribution in [0.25, 0.3) is 20.7 Å². The molecule has 3 nitrogen and oxygen atoms in total. The number of rotatable bonds is 3. The second kappa shape index (κ2) is 4.28. The van der Waals surface area contributed by atoms with Crippen molar-refractivity contribution in [2.75, 3.05) is 11.9 Å². The Hall–Kier alpha value is -1.46. The fourth-order valence-corrected chi connectivity index (χ4v) is 4.10. The molecule has 1 aliphatic carbocycles. The Morgan fingerprint density at radius 2 is 2.16 bits per heavy atom. The monoisotopic (exact) mass is 287 g/mol. The summed E-state index contributed by atoms with van der Waals surface area (Å²) < 4.78 is 0. The van der Waals surface area contributed by atoms with Gasteiger partial charge in [-0.25, -0.2) is 9.97 Å². The standard InChI is InChI=1S/C14H13N3S2/c1-17(9-4-5-9)13-12-10(11-3-2-6-18-11)7-19-14(12)16-8-15-13/h2-3,6-9H,4-5H2,1H3. The fourth-order valence-electron chi connectivity index (χ4n) is 2.37. The van der Waals surface area contributed by atoms with Gasteiger partial charge in [0.1, 0.15) is 17.0 Å². The smallest absolute Gasteiger partial charge is 0.141 e. The minimum absolute atomic E-state index is 0.661. The third kappa shape index (κ3) is 1.84. The molecule has 0 amide bonds. The highest BCUT2D eigenvalue weighted by Crippen LogP contribution is 2.41. The number of hydrogen-bond acceptors (Lipinski definition) is 5. The summed E-state index contributed by atoms with van der Waals surface area (Å²) in [7, 11) is 2.15. The third-order valence-corrected chi connectivity index (χ3v) is 5.36. The van der Waals surface area contributed by atoms with Gasteiger partial charge < -0.3 is 4.90 Å². The van der Waals surface area contributed by atoms with Crippen LogP contribution in [-0.2, 0) is 0 Å². The van der Waals surface area contributed by atoms with Gasteiger partial charge >= 0.3 is 0 Å². The molecule has 0 atom stereocenters. The first-order valence-corrected chi connectivity index (χ1v) is 8.09. The van der Waals surface area contributed by atoms with Crippen molar-refractivity contribution in [3.05, 3.63) is 29.2 Å². The van der Waals surface area contributed by atoms with E-state index in [2.05, 4.69) is 44.8 Å². The van der Waals surface area contributed by atoms with Crippen LogP contribution in [0.2, 0.25) is 0 Å². The van der Waals surface area contributed by atoms with Crippen LogP contribution in [0.4, 0.5) is 5.82 Å². The molecule has 0 aliphatic heterocycles. The Bertz CT molecular complexity index is 713. The lowest BCUT2D eigenvalue weighted by Crippen LogP contribution is -2.20. The lowest BCUT2D eigenvalue weighted by molar-refractivity contribution is 0.895. The molecule has 5 heteroatoms. The van der Waals surface area contributed by atoms with Crippen LogP contribution in [0.5, 0.6) is 0 Å². The molecular weight excluding hydrogens is 274 g/mol. The molecule has 0 aromatic carbocycles. The number of anilines is 1. The molecule has 96 valence electrons. The first kappa shape index (κ1) is 11.4. The lowest BCUT2D eigenvalue weighted by Gasteiger charge is -2.18. The second-order valence-corrected chi connectivity index (χ2v) is 6.65. The zero-order chi connectivity index (χ0) is 12.8. The van der Waals surface area contributed by atoms with Crippen molar-refractivity contribution < 1.29 is 0 Å². The molecule has 3 heterocycles. The predicted octanol–water partition coefficient (Wildman–Crippen LogP) is 4.02. The molecule has 4 rings (SSSR count). The molecule has 19 heavy (non-hydrogen) atoms. The van der Waals surface area contributed by atoms with Gasteiger partial charge in [0.25, 0.3) is 0 Å². The summed E-state index contributed by atoms with van der Waals surface area (Å²) in [6.07, 6.45) is 4.24. The van der Waals surface area contributed by atoms with E-state index in [1.807, 2.05) is 0 Å². The van der Waals surface area contributed by atoms with E-state index >= 15 is 0 Å². The number of fused-ring (bicyclic) bond motifs is 1. The summed E-state index contributed by atoms with van der Waals surface area (Å²) in [6, 6.07) is 4.92. The first-order chi connectivity index (χ1) is 9.34. The molecule has 3 aromatic heterocycles. The summed E-state index contributed by atoms with van der Waals surface area (Å²) >= 11 is 3.48. The number of aromatic nitrogens is 2. The molecule has 1 fully saturated rings. The van der Waals surface area contributed by atoms with Crippen molar-refractivity contribution >= 4 is 38.7 Å². The largest absolute Gasteiger partial charge is 0.356 e. The Kier molecular flexibility index (Phi) is 2.56. The highest BCUT2D eigenvalue weighted by atomic mass is 32.1. The van der Waals surface area contributed by atoms with Gasteiger partial charge in [0.2, 0.25) is 0 Å². The van der Waals surface area contributed by atoms with Gasteiger partial charge in [-0.2, -0.15) is 0 Å². The van der Waals surface area contributed by atoms with Crippen molar-refractivity contribution in [3.8, 4) is 10.4 Å². The van der Waals surface area contributed by atoms with Crippen LogP contribution in [0.3, 0.4) is 0 Å². The average Bonchev–Trinajstić information content (AvgIpc) is 2.98. The van der Waals surface area contributed by atoms with E-state index in [-0.39, 0.29) is 0 Å². The number of hydrogen-bond donors (Lipinski definition) is 0. The molecule has 0 bridgehead atoms. The Labute approximate surface area is 119 Å². The summed E-state index contributed by atoms with van der Waals surface area (Å²) in [5, 5.41) is 5.53. The molecule has 0 N–H and O–H groups in total. The topological polar surface area (TPSA) is 29.0 Å². The van der Waals surface area contributed by atoms with Crippen LogP contribution in [0, 0.1) is 0 Å². The van der Waals surface area contributed by atoms with E-state index in [1.54, 1.807) is 29.0 Å². The van der Waals surface area contributed by atoms with E-state index in [9.17, 15) is 0 Å². The van der Waals surface area contributed by atoms with E-state index in [0.717, 1.165) is 10.6 Å². The van der Waals surface area contributed by atoms with Crippen LogP contribution < -0.4 is 4.90 Å². The fraction of sp³-hybridized carbons (Fsp3) is 0.286. The van der Waals surface area contributed by atoms with Gasteiger partial charge in [-0.15, -0.1) is 22.7 Å². The van der Waals surface area contributed by atoms with E-state index < -0.39 is 0 Å². The van der Waals surface area contributed by atoms with Gasteiger partial charge in [0.05, 0.1) is 5.39 Å². The van der Waals surface area contributed by atoms with Crippen molar-refractivity contribution in [2.45, 2.75) is 18.9 Å². The van der Waals surface area contributed by atoms with Gasteiger partial charge in [-0.05, 0) is 24.3 Å². The molecule has 0 unspecified atom stereocenters. The molecule has 0 spiro atoms. The van der Waals surface area contributed by atoms with Crippen LogP contribution in [-0.4, -0.2) is 23.1 Å². The second-order valence-electron chi connectivity index (χ2n) is 4.85. The van der Waals surface area contributed by atoms with Gasteiger partial charge in [-0.3, -0.25) is 0 Å². The molecule has 1 saturated carbocycles. The van der Waals surface area contributed by atoms with Gasteiger partial charge in [0, 0.05) is 28.9 Å². The van der Waals surface area contributed by atoms with Crippen LogP contribution in [0.1, 0.15) is 12.8 Å². The van der Waals surface area contributed by atoms with Crippen molar-refractivity contribution in [2.24, 2.45) is 0 Å². The molecule has 3 aromatic rings. The average molecular weight is 287 g/mol. The Balaban J connectivity index is 1.95. The Morgan fingerprint density at radius 1 is 1.26 bits per heavy atom. The van der Waals surface area contributed by atoms with E-state index in [4.69, 9.17) is 0 Å². The first-order valence-electron chi connectivity index (χ1n) is 6.33. The minimum Gasteiger partial charge on any atom is -0.356 e. The third-order valence-electron chi connectivity index (χ3n) is 3.57. The van der Waals surface area contributed by atoms with Gasteiger partial charge in [-0.1, -0.05) is 6.07 Å². The quantitative estimate of drug-likeness (QED) is 0.728. The van der Waals surface area contributed by atoms with Crippen LogP contribution in [0.15, 0.2) is 29.2 Å². The van der Waals surface area contributed by atoms with Gasteiger partial charge in [0.15, 0.2) is 0 Å². The highest BCUT2D eigenvalue weighted by Gasteiger charge is 2.29. The van der Waals surface area contributed by atoms with Crippen LogP contribution >= 0.6 is 22.7 Å². The molecule has 0 radical (unpaired) electrons. The van der Waals surface area contributed by atoms with Crippen molar-refractivity contribution in [1.82, 2.24) is 9.97 Å². The normalized spacial score (nSPS) is 15.0. The van der Waals surface area contributed by atoms with E-state index in [0.29, 0.717) is 6.04 Å². The van der Waals surface area contributed by atoms with E-state index in [1.165, 1.54) is 28.7 Å². The highest BCUT2D eigenvalue weighted by molar-refractivity contribution is 7.18. The summed E-state index contributed by atoms with van der Waals surface area (Å²) in [4.78, 5) is 13.7.